The number of rotatable bonds is 6. The first-order valence-corrected chi connectivity index (χ1v) is 8.09. The molecule has 0 unspecified atom stereocenters. The summed E-state index contributed by atoms with van der Waals surface area (Å²) in [7, 11) is 1.59. The van der Waals surface area contributed by atoms with E-state index in [0.29, 0.717) is 18.8 Å². The molecule has 1 aromatic rings. The highest BCUT2D eigenvalue weighted by Gasteiger charge is 2.50. The fourth-order valence-corrected chi connectivity index (χ4v) is 3.00. The summed E-state index contributed by atoms with van der Waals surface area (Å²) in [5.41, 5.74) is 0.445. The molecule has 1 aromatic carbocycles. The SMILES string of the molecule is COCCN[C@H]1[C@@H]2OC[C@@H](O2)[C@@H](NC(=O)Nc2ccc(F)cc2)[C@@H]1O. The molecule has 2 saturated heterocycles. The van der Waals surface area contributed by atoms with Crippen LogP contribution in [0.2, 0.25) is 0 Å². The molecule has 0 radical (unpaired) electrons. The summed E-state index contributed by atoms with van der Waals surface area (Å²) in [5, 5.41) is 19.0. The van der Waals surface area contributed by atoms with Crippen LogP contribution in [0.1, 0.15) is 0 Å². The quantitative estimate of drug-likeness (QED) is 0.538. The van der Waals surface area contributed by atoms with Gasteiger partial charge in [-0.1, -0.05) is 0 Å². The third-order valence-corrected chi connectivity index (χ3v) is 4.25. The Labute approximate surface area is 144 Å². The van der Waals surface area contributed by atoms with E-state index in [1.807, 2.05) is 0 Å². The predicted octanol–water partition coefficient (Wildman–Crippen LogP) is 0.0364. The predicted molar refractivity (Wildman–Crippen MR) is 86.6 cm³/mol. The van der Waals surface area contributed by atoms with Gasteiger partial charge in [0.05, 0.1) is 31.4 Å². The highest BCUT2D eigenvalue weighted by molar-refractivity contribution is 5.89. The van der Waals surface area contributed by atoms with Crippen molar-refractivity contribution < 1.29 is 28.5 Å². The van der Waals surface area contributed by atoms with Crippen molar-refractivity contribution in [2.24, 2.45) is 0 Å². The Kier molecular flexibility index (Phi) is 5.82. The minimum atomic E-state index is -0.887. The second-order valence-electron chi connectivity index (χ2n) is 5.97. The van der Waals surface area contributed by atoms with Crippen molar-refractivity contribution in [3.63, 3.8) is 0 Å². The lowest BCUT2D eigenvalue weighted by Crippen LogP contribution is -2.65. The Morgan fingerprint density at radius 2 is 2.12 bits per heavy atom. The lowest BCUT2D eigenvalue weighted by atomic mass is 9.96. The van der Waals surface area contributed by atoms with E-state index in [1.165, 1.54) is 24.3 Å². The van der Waals surface area contributed by atoms with Gasteiger partial charge in [-0.15, -0.1) is 0 Å². The molecule has 0 aliphatic carbocycles. The Bertz CT molecular complexity index is 588. The topological polar surface area (TPSA) is 101 Å². The van der Waals surface area contributed by atoms with Gasteiger partial charge in [0, 0.05) is 19.3 Å². The van der Waals surface area contributed by atoms with Gasteiger partial charge in [0.1, 0.15) is 11.9 Å². The van der Waals surface area contributed by atoms with Crippen molar-refractivity contribution in [3.05, 3.63) is 30.1 Å². The molecule has 138 valence electrons. The van der Waals surface area contributed by atoms with Crippen LogP contribution in [0, 0.1) is 5.82 Å². The van der Waals surface area contributed by atoms with Crippen LogP contribution >= 0.6 is 0 Å². The summed E-state index contributed by atoms with van der Waals surface area (Å²) in [5.74, 6) is -0.388. The van der Waals surface area contributed by atoms with Crippen molar-refractivity contribution in [3.8, 4) is 0 Å². The van der Waals surface area contributed by atoms with Gasteiger partial charge in [0.15, 0.2) is 6.29 Å². The number of halogens is 1. The number of ether oxygens (including phenoxy) is 3. The van der Waals surface area contributed by atoms with Crippen LogP contribution in [0.4, 0.5) is 14.9 Å². The van der Waals surface area contributed by atoms with E-state index >= 15 is 0 Å². The molecule has 0 aromatic heterocycles. The number of nitrogens with one attached hydrogen (secondary N) is 3. The van der Waals surface area contributed by atoms with Crippen molar-refractivity contribution in [1.29, 1.82) is 0 Å². The molecule has 0 spiro atoms. The zero-order valence-corrected chi connectivity index (χ0v) is 13.8. The average Bonchev–Trinajstić information content (AvgIpc) is 3.03. The number of fused-ring (bicyclic) bond motifs is 2. The minimum Gasteiger partial charge on any atom is -0.389 e. The number of benzene rings is 1. The summed E-state index contributed by atoms with van der Waals surface area (Å²) in [6.45, 7) is 1.27. The normalized spacial score (nSPS) is 30.9. The smallest absolute Gasteiger partial charge is 0.319 e. The lowest BCUT2D eigenvalue weighted by molar-refractivity contribution is -0.151. The molecule has 4 N–H and O–H groups in total. The second-order valence-corrected chi connectivity index (χ2v) is 5.97. The van der Waals surface area contributed by atoms with Crippen LogP contribution in [-0.2, 0) is 14.2 Å². The van der Waals surface area contributed by atoms with Gasteiger partial charge in [-0.2, -0.15) is 0 Å². The fraction of sp³-hybridized carbons (Fsp3) is 0.562. The fourth-order valence-electron chi connectivity index (χ4n) is 3.00. The number of carbonyl (C=O) groups excluding carboxylic acids is 1. The first-order chi connectivity index (χ1) is 12.1. The van der Waals surface area contributed by atoms with E-state index in [0.717, 1.165) is 0 Å². The maximum Gasteiger partial charge on any atom is 0.319 e. The molecule has 2 bridgehead atoms. The molecule has 2 amide bonds. The molecule has 5 atom stereocenters. The van der Waals surface area contributed by atoms with Crippen LogP contribution in [0.5, 0.6) is 0 Å². The van der Waals surface area contributed by atoms with Crippen LogP contribution in [-0.4, -0.2) is 68.6 Å². The van der Waals surface area contributed by atoms with E-state index in [2.05, 4.69) is 16.0 Å². The summed E-state index contributed by atoms with van der Waals surface area (Å²) in [6, 6.07) is 3.77. The lowest BCUT2D eigenvalue weighted by Gasteiger charge is -2.39. The van der Waals surface area contributed by atoms with Gasteiger partial charge >= 0.3 is 6.03 Å². The maximum absolute atomic E-state index is 12.9. The molecule has 25 heavy (non-hydrogen) atoms. The Morgan fingerprint density at radius 1 is 1.36 bits per heavy atom. The number of anilines is 1. The number of amides is 2. The number of aliphatic hydroxyl groups excluding tert-OH is 1. The molecular weight excluding hydrogens is 333 g/mol. The van der Waals surface area contributed by atoms with Gasteiger partial charge in [0.25, 0.3) is 0 Å². The van der Waals surface area contributed by atoms with E-state index in [9.17, 15) is 14.3 Å². The average molecular weight is 355 g/mol. The van der Waals surface area contributed by atoms with Gasteiger partial charge < -0.3 is 35.3 Å². The Hall–Kier alpha value is -1.78. The molecule has 2 fully saturated rings. The van der Waals surface area contributed by atoms with Gasteiger partial charge in [-0.3, -0.25) is 0 Å². The van der Waals surface area contributed by atoms with Gasteiger partial charge in [-0.05, 0) is 24.3 Å². The number of hydrogen-bond acceptors (Lipinski definition) is 6. The monoisotopic (exact) mass is 355 g/mol. The zero-order valence-electron chi connectivity index (χ0n) is 13.8. The molecule has 9 heteroatoms. The van der Waals surface area contributed by atoms with Crippen molar-refractivity contribution in [2.45, 2.75) is 30.6 Å². The van der Waals surface area contributed by atoms with Crippen LogP contribution in [0.3, 0.4) is 0 Å². The molecule has 3 rings (SSSR count). The Morgan fingerprint density at radius 3 is 2.84 bits per heavy atom. The number of hydrogen-bond donors (Lipinski definition) is 4. The standard InChI is InChI=1S/C16H22FN3O5/c1-23-7-6-18-13-14(21)12(11-8-24-15(13)25-11)20-16(22)19-10-4-2-9(17)3-5-10/h2-5,11-15,18,21H,6-8H2,1H3,(H2,19,20,22)/t11-,12-,13-,14+,15-/m1/s1. The molecular formula is C16H22FN3O5. The maximum atomic E-state index is 12.9. The Balaban J connectivity index is 1.60. The van der Waals surface area contributed by atoms with E-state index in [4.69, 9.17) is 14.2 Å². The van der Waals surface area contributed by atoms with Crippen molar-refractivity contribution >= 4 is 11.7 Å². The third-order valence-electron chi connectivity index (χ3n) is 4.25. The minimum absolute atomic E-state index is 0.283. The summed E-state index contributed by atoms with van der Waals surface area (Å²) < 4.78 is 29.1. The van der Waals surface area contributed by atoms with Gasteiger partial charge in [-0.25, -0.2) is 9.18 Å². The van der Waals surface area contributed by atoms with Crippen LogP contribution < -0.4 is 16.0 Å². The highest BCUT2D eigenvalue weighted by atomic mass is 19.1. The van der Waals surface area contributed by atoms with Crippen LogP contribution in [0.25, 0.3) is 0 Å². The van der Waals surface area contributed by atoms with E-state index in [-0.39, 0.29) is 12.4 Å². The first-order valence-electron chi connectivity index (χ1n) is 8.09. The molecule has 8 nitrogen and oxygen atoms in total. The number of aliphatic hydroxyl groups is 1. The summed E-state index contributed by atoms with van der Waals surface area (Å²) in [4.78, 5) is 12.2. The number of carbonyl (C=O) groups is 1. The highest BCUT2D eigenvalue weighted by Crippen LogP contribution is 2.28. The van der Waals surface area contributed by atoms with E-state index in [1.54, 1.807) is 7.11 Å². The third kappa shape index (κ3) is 4.25. The number of urea groups is 1. The van der Waals surface area contributed by atoms with Gasteiger partial charge in [0.2, 0.25) is 0 Å². The largest absolute Gasteiger partial charge is 0.389 e. The van der Waals surface area contributed by atoms with Crippen LogP contribution in [0.15, 0.2) is 24.3 Å². The van der Waals surface area contributed by atoms with E-state index < -0.39 is 36.6 Å². The first kappa shape index (κ1) is 18.0. The molecule has 0 saturated carbocycles. The molecule has 2 aliphatic rings. The molecule has 2 aliphatic heterocycles. The van der Waals surface area contributed by atoms with Crippen molar-refractivity contribution in [2.75, 3.05) is 32.2 Å². The molecule has 2 heterocycles. The number of methoxy groups -OCH3 is 1. The van der Waals surface area contributed by atoms with Crippen molar-refractivity contribution in [1.82, 2.24) is 10.6 Å². The summed E-state index contributed by atoms with van der Waals surface area (Å²) in [6.07, 6.45) is -1.88. The summed E-state index contributed by atoms with van der Waals surface area (Å²) >= 11 is 0. The second kappa shape index (κ2) is 8.07. The zero-order chi connectivity index (χ0) is 17.8.